The number of rotatable bonds is 4. The van der Waals surface area contributed by atoms with Crippen LogP contribution >= 0.6 is 0 Å². The first-order chi connectivity index (χ1) is 15.6. The molecule has 0 aromatic carbocycles. The van der Waals surface area contributed by atoms with Gasteiger partial charge in [0.25, 0.3) is 0 Å². The standard InChI is InChI=1S/C24H23N7O/c1-24(2,16-25)31-21(19-14-28-23(29-15-19)30-7-9-32-10-8-30)12-17-11-18(13-27-22(17)31)20-5-3-4-6-26-20/h3-6,11-15H,7-10H2,1-2H3. The van der Waals surface area contributed by atoms with E-state index < -0.39 is 5.54 Å². The Balaban J connectivity index is 1.61. The van der Waals surface area contributed by atoms with E-state index in [1.165, 1.54) is 0 Å². The van der Waals surface area contributed by atoms with Crippen LogP contribution < -0.4 is 4.90 Å². The zero-order chi connectivity index (χ0) is 22.1. The molecule has 8 heteroatoms. The summed E-state index contributed by atoms with van der Waals surface area (Å²) in [7, 11) is 0. The summed E-state index contributed by atoms with van der Waals surface area (Å²) in [6.45, 7) is 6.68. The molecule has 1 aliphatic heterocycles. The van der Waals surface area contributed by atoms with Gasteiger partial charge in [-0.1, -0.05) is 6.07 Å². The molecule has 0 atom stereocenters. The Morgan fingerprint density at radius 3 is 2.41 bits per heavy atom. The number of aromatic nitrogens is 5. The molecule has 8 nitrogen and oxygen atoms in total. The number of morpholine rings is 1. The third kappa shape index (κ3) is 3.57. The molecule has 0 aliphatic carbocycles. The predicted molar refractivity (Wildman–Crippen MR) is 122 cm³/mol. The molecule has 0 spiro atoms. The number of fused-ring (bicyclic) bond motifs is 1. The zero-order valence-electron chi connectivity index (χ0n) is 18.1. The van der Waals surface area contributed by atoms with Gasteiger partial charge in [-0.3, -0.25) is 4.98 Å². The van der Waals surface area contributed by atoms with Gasteiger partial charge in [-0.05, 0) is 38.1 Å². The Hall–Kier alpha value is -3.83. The van der Waals surface area contributed by atoms with Gasteiger partial charge in [0.15, 0.2) is 0 Å². The number of anilines is 1. The van der Waals surface area contributed by atoms with Crippen molar-refractivity contribution in [3.8, 4) is 28.6 Å². The van der Waals surface area contributed by atoms with Crippen molar-refractivity contribution in [2.24, 2.45) is 0 Å². The Morgan fingerprint density at radius 2 is 1.72 bits per heavy atom. The van der Waals surface area contributed by atoms with Gasteiger partial charge in [-0.15, -0.1) is 0 Å². The lowest BCUT2D eigenvalue weighted by Crippen LogP contribution is -2.37. The first-order valence-corrected chi connectivity index (χ1v) is 10.6. The van der Waals surface area contributed by atoms with E-state index >= 15 is 0 Å². The average molecular weight is 425 g/mol. The summed E-state index contributed by atoms with van der Waals surface area (Å²) in [4.78, 5) is 20.5. The minimum absolute atomic E-state index is 0.681. The Bertz CT molecular complexity index is 1280. The van der Waals surface area contributed by atoms with E-state index in [9.17, 15) is 5.26 Å². The van der Waals surface area contributed by atoms with E-state index in [4.69, 9.17) is 9.72 Å². The summed E-state index contributed by atoms with van der Waals surface area (Å²) in [5.74, 6) is 0.690. The Kier molecular flexibility index (Phi) is 5.04. The SMILES string of the molecule is CC(C)(C#N)n1c(-c2cnc(N3CCOCC3)nc2)cc2cc(-c3ccccn3)cnc21. The Morgan fingerprint density at radius 1 is 0.969 bits per heavy atom. The second-order valence-electron chi connectivity index (χ2n) is 8.26. The molecule has 4 aromatic heterocycles. The van der Waals surface area contributed by atoms with Gasteiger partial charge in [0, 0.05) is 54.4 Å². The van der Waals surface area contributed by atoms with Crippen molar-refractivity contribution in [3.63, 3.8) is 0 Å². The van der Waals surface area contributed by atoms with Crippen molar-refractivity contribution in [2.75, 3.05) is 31.2 Å². The van der Waals surface area contributed by atoms with Crippen molar-refractivity contribution in [3.05, 3.63) is 55.1 Å². The lowest BCUT2D eigenvalue weighted by atomic mass is 10.1. The molecule has 1 aliphatic rings. The van der Waals surface area contributed by atoms with Crippen LogP contribution in [0.5, 0.6) is 0 Å². The molecule has 1 fully saturated rings. The summed E-state index contributed by atoms with van der Waals surface area (Å²) in [5, 5.41) is 10.8. The number of pyridine rings is 2. The van der Waals surface area contributed by atoms with Gasteiger partial charge >= 0.3 is 0 Å². The fourth-order valence-electron chi connectivity index (χ4n) is 3.98. The van der Waals surface area contributed by atoms with Crippen molar-refractivity contribution in [1.82, 2.24) is 24.5 Å². The number of nitriles is 1. The van der Waals surface area contributed by atoms with Crippen LogP contribution in [0.3, 0.4) is 0 Å². The molecule has 0 radical (unpaired) electrons. The smallest absolute Gasteiger partial charge is 0.225 e. The second-order valence-corrected chi connectivity index (χ2v) is 8.26. The summed E-state index contributed by atoms with van der Waals surface area (Å²) in [6.07, 6.45) is 7.20. The topological polar surface area (TPSA) is 92.8 Å². The maximum atomic E-state index is 9.89. The quantitative estimate of drug-likeness (QED) is 0.493. The van der Waals surface area contributed by atoms with Crippen LogP contribution in [0, 0.1) is 11.3 Å². The van der Waals surface area contributed by atoms with Crippen molar-refractivity contribution in [1.29, 1.82) is 5.26 Å². The highest BCUT2D eigenvalue weighted by Crippen LogP contribution is 2.34. The van der Waals surface area contributed by atoms with Gasteiger partial charge in [0.1, 0.15) is 11.2 Å². The van der Waals surface area contributed by atoms with Gasteiger partial charge in [-0.25, -0.2) is 15.0 Å². The molecular weight excluding hydrogens is 402 g/mol. The lowest BCUT2D eigenvalue weighted by molar-refractivity contribution is 0.122. The third-order valence-corrected chi connectivity index (χ3v) is 5.66. The maximum Gasteiger partial charge on any atom is 0.225 e. The molecule has 32 heavy (non-hydrogen) atoms. The van der Waals surface area contributed by atoms with Crippen LogP contribution in [-0.4, -0.2) is 50.8 Å². The normalized spacial score (nSPS) is 14.5. The summed E-state index contributed by atoms with van der Waals surface area (Å²) in [5.41, 5.74) is 3.40. The van der Waals surface area contributed by atoms with Gasteiger partial charge < -0.3 is 14.2 Å². The minimum atomic E-state index is -0.806. The molecule has 0 unspecified atom stereocenters. The Labute approximate surface area is 186 Å². The molecule has 0 bridgehead atoms. The monoisotopic (exact) mass is 425 g/mol. The predicted octanol–water partition coefficient (Wildman–Crippen LogP) is 3.65. The molecule has 5 heterocycles. The van der Waals surface area contributed by atoms with Gasteiger partial charge in [0.05, 0.1) is 30.7 Å². The van der Waals surface area contributed by atoms with Crippen LogP contribution in [0.1, 0.15) is 13.8 Å². The number of hydrogen-bond acceptors (Lipinski definition) is 7. The largest absolute Gasteiger partial charge is 0.378 e. The van der Waals surface area contributed by atoms with Crippen LogP contribution in [0.4, 0.5) is 5.95 Å². The van der Waals surface area contributed by atoms with E-state index in [1.807, 2.05) is 55.1 Å². The van der Waals surface area contributed by atoms with E-state index in [0.717, 1.165) is 46.6 Å². The highest BCUT2D eigenvalue weighted by atomic mass is 16.5. The number of hydrogen-bond donors (Lipinski definition) is 0. The summed E-state index contributed by atoms with van der Waals surface area (Å²) in [6, 6.07) is 12.3. The van der Waals surface area contributed by atoms with E-state index in [1.54, 1.807) is 12.4 Å². The van der Waals surface area contributed by atoms with Crippen LogP contribution in [0.25, 0.3) is 33.5 Å². The molecule has 0 saturated carbocycles. The van der Waals surface area contributed by atoms with Crippen molar-refractivity contribution < 1.29 is 4.74 Å². The van der Waals surface area contributed by atoms with Crippen LogP contribution in [0.2, 0.25) is 0 Å². The fraction of sp³-hybridized carbons (Fsp3) is 0.292. The fourth-order valence-corrected chi connectivity index (χ4v) is 3.98. The van der Waals surface area contributed by atoms with E-state index in [-0.39, 0.29) is 0 Å². The van der Waals surface area contributed by atoms with Crippen molar-refractivity contribution in [2.45, 2.75) is 19.4 Å². The van der Waals surface area contributed by atoms with Crippen molar-refractivity contribution >= 4 is 17.0 Å². The molecule has 0 N–H and O–H groups in total. The minimum Gasteiger partial charge on any atom is -0.378 e. The van der Waals surface area contributed by atoms with E-state index in [2.05, 4.69) is 32.0 Å². The molecule has 1 saturated heterocycles. The van der Waals surface area contributed by atoms with Gasteiger partial charge in [-0.2, -0.15) is 5.26 Å². The van der Waals surface area contributed by atoms with Gasteiger partial charge in [0.2, 0.25) is 5.95 Å². The summed E-state index contributed by atoms with van der Waals surface area (Å²) < 4.78 is 7.37. The highest BCUT2D eigenvalue weighted by Gasteiger charge is 2.27. The first kappa shape index (κ1) is 20.1. The maximum absolute atomic E-state index is 9.89. The second kappa shape index (κ2) is 8.02. The number of nitrogens with zero attached hydrogens (tertiary/aromatic N) is 7. The zero-order valence-corrected chi connectivity index (χ0v) is 18.1. The lowest BCUT2D eigenvalue weighted by Gasteiger charge is -2.26. The molecule has 4 aromatic rings. The van der Waals surface area contributed by atoms with E-state index in [0.29, 0.717) is 19.2 Å². The average Bonchev–Trinajstić information content (AvgIpc) is 3.25. The first-order valence-electron chi connectivity index (χ1n) is 10.6. The molecular formula is C24H23N7O. The third-order valence-electron chi connectivity index (χ3n) is 5.66. The molecule has 5 rings (SSSR count). The summed E-state index contributed by atoms with van der Waals surface area (Å²) >= 11 is 0. The molecule has 0 amide bonds. The van der Waals surface area contributed by atoms with Crippen LogP contribution in [0.15, 0.2) is 55.1 Å². The molecule has 160 valence electrons. The van der Waals surface area contributed by atoms with Crippen LogP contribution in [-0.2, 0) is 10.3 Å². The number of ether oxygens (including phenoxy) is 1. The highest BCUT2D eigenvalue weighted by molar-refractivity contribution is 5.87.